The Morgan fingerprint density at radius 2 is 2.23 bits per heavy atom. The van der Waals surface area contributed by atoms with E-state index in [2.05, 4.69) is 41.4 Å². The zero-order chi connectivity index (χ0) is 16.0. The minimum absolute atomic E-state index is 0.0302. The Kier molecular flexibility index (Phi) is 5.83. The van der Waals surface area contributed by atoms with Crippen molar-refractivity contribution in [3.8, 4) is 0 Å². The Morgan fingerprint density at radius 1 is 1.41 bits per heavy atom. The van der Waals surface area contributed by atoms with Crippen molar-refractivity contribution in [2.24, 2.45) is 4.99 Å². The molecule has 6 nitrogen and oxygen atoms in total. The number of ether oxygens (including phenoxy) is 1. The van der Waals surface area contributed by atoms with Gasteiger partial charge in [-0.05, 0) is 19.8 Å². The van der Waals surface area contributed by atoms with Gasteiger partial charge in [0.25, 0.3) is 0 Å². The van der Waals surface area contributed by atoms with Crippen LogP contribution in [0.15, 0.2) is 15.6 Å². The summed E-state index contributed by atoms with van der Waals surface area (Å²) < 4.78 is 11.4. The van der Waals surface area contributed by atoms with E-state index in [0.29, 0.717) is 12.4 Å². The second-order valence-corrected chi connectivity index (χ2v) is 6.58. The van der Waals surface area contributed by atoms with Crippen molar-refractivity contribution in [2.75, 3.05) is 19.7 Å². The number of guanidine groups is 1. The third-order valence-electron chi connectivity index (χ3n) is 3.53. The molecule has 1 aromatic heterocycles. The van der Waals surface area contributed by atoms with Gasteiger partial charge in [0, 0.05) is 25.1 Å². The van der Waals surface area contributed by atoms with Gasteiger partial charge in [-0.1, -0.05) is 20.8 Å². The lowest BCUT2D eigenvalue weighted by molar-refractivity contribution is 0.114. The first-order valence-electron chi connectivity index (χ1n) is 8.08. The first kappa shape index (κ1) is 16.8. The van der Waals surface area contributed by atoms with E-state index in [9.17, 15) is 0 Å². The summed E-state index contributed by atoms with van der Waals surface area (Å²) in [5, 5.41) is 6.54. The summed E-state index contributed by atoms with van der Waals surface area (Å²) in [6.07, 6.45) is 4.34. The molecule has 2 N–H and O–H groups in total. The maximum Gasteiger partial charge on any atom is 0.216 e. The van der Waals surface area contributed by atoms with Gasteiger partial charge in [0.05, 0.1) is 12.3 Å². The molecular weight excluding hydrogens is 280 g/mol. The van der Waals surface area contributed by atoms with Crippen molar-refractivity contribution >= 4 is 5.96 Å². The molecule has 1 atom stereocenters. The lowest BCUT2D eigenvalue weighted by Gasteiger charge is -2.14. The summed E-state index contributed by atoms with van der Waals surface area (Å²) in [5.74, 6) is 2.29. The lowest BCUT2D eigenvalue weighted by atomic mass is 9.94. The average molecular weight is 308 g/mol. The number of nitrogens with one attached hydrogen (secondary N) is 2. The van der Waals surface area contributed by atoms with Crippen LogP contribution in [0.25, 0.3) is 0 Å². The summed E-state index contributed by atoms with van der Waals surface area (Å²) in [5.41, 5.74) is -0.0302. The van der Waals surface area contributed by atoms with E-state index in [1.807, 2.05) is 6.92 Å². The number of hydrogen-bond acceptors (Lipinski definition) is 4. The van der Waals surface area contributed by atoms with Gasteiger partial charge in [0.1, 0.15) is 12.3 Å². The van der Waals surface area contributed by atoms with Gasteiger partial charge in [-0.2, -0.15) is 0 Å². The minimum atomic E-state index is -0.0302. The summed E-state index contributed by atoms with van der Waals surface area (Å²) in [7, 11) is 0. The Morgan fingerprint density at radius 3 is 2.82 bits per heavy atom. The van der Waals surface area contributed by atoms with Crippen LogP contribution >= 0.6 is 0 Å². The van der Waals surface area contributed by atoms with E-state index in [1.165, 1.54) is 0 Å². The van der Waals surface area contributed by atoms with Gasteiger partial charge in [0.15, 0.2) is 5.96 Å². The molecule has 1 aromatic rings. The van der Waals surface area contributed by atoms with Crippen LogP contribution in [0.5, 0.6) is 0 Å². The minimum Gasteiger partial charge on any atom is -0.443 e. The van der Waals surface area contributed by atoms with Crippen LogP contribution in [0.1, 0.15) is 52.2 Å². The van der Waals surface area contributed by atoms with Crippen molar-refractivity contribution < 1.29 is 9.15 Å². The number of aliphatic imine (C=N–C) groups is 1. The van der Waals surface area contributed by atoms with Crippen LogP contribution in [0.4, 0.5) is 0 Å². The fourth-order valence-electron chi connectivity index (χ4n) is 2.23. The maximum absolute atomic E-state index is 5.76. The van der Waals surface area contributed by atoms with Gasteiger partial charge in [0.2, 0.25) is 5.89 Å². The largest absolute Gasteiger partial charge is 0.443 e. The summed E-state index contributed by atoms with van der Waals surface area (Å²) in [4.78, 5) is 8.82. The molecule has 1 aliphatic rings. The van der Waals surface area contributed by atoms with Crippen molar-refractivity contribution in [1.29, 1.82) is 0 Å². The number of nitrogens with zero attached hydrogens (tertiary/aromatic N) is 2. The second-order valence-electron chi connectivity index (χ2n) is 6.58. The van der Waals surface area contributed by atoms with Crippen molar-refractivity contribution in [2.45, 2.75) is 58.6 Å². The first-order valence-corrected chi connectivity index (χ1v) is 8.08. The highest BCUT2D eigenvalue weighted by Gasteiger charge is 2.19. The standard InChI is InChI=1S/C16H28N4O2/c1-5-17-15(19-9-12-7-6-8-21-12)20-11-14-18-10-13(22-14)16(2,3)4/h10,12H,5-9,11H2,1-4H3,(H2,17,19,20). The highest BCUT2D eigenvalue weighted by molar-refractivity contribution is 5.79. The van der Waals surface area contributed by atoms with Gasteiger partial charge < -0.3 is 19.8 Å². The molecular formula is C16H28N4O2. The van der Waals surface area contributed by atoms with Gasteiger partial charge in [-0.3, -0.25) is 0 Å². The van der Waals surface area contributed by atoms with E-state index in [-0.39, 0.29) is 11.5 Å². The number of hydrogen-bond donors (Lipinski definition) is 2. The number of aromatic nitrogens is 1. The fraction of sp³-hybridized carbons (Fsp3) is 0.750. The molecule has 0 radical (unpaired) electrons. The van der Waals surface area contributed by atoms with Gasteiger partial charge in [-0.15, -0.1) is 0 Å². The van der Waals surface area contributed by atoms with Crippen LogP contribution in [-0.2, 0) is 16.7 Å². The predicted octanol–water partition coefficient (Wildman–Crippen LogP) is 2.21. The quantitative estimate of drug-likeness (QED) is 0.644. The third-order valence-corrected chi connectivity index (χ3v) is 3.53. The summed E-state index contributed by atoms with van der Waals surface area (Å²) >= 11 is 0. The van der Waals surface area contributed by atoms with Crippen LogP contribution in [-0.4, -0.2) is 36.7 Å². The Labute approximate surface area is 132 Å². The molecule has 0 amide bonds. The fourth-order valence-corrected chi connectivity index (χ4v) is 2.23. The smallest absolute Gasteiger partial charge is 0.216 e. The van der Waals surface area contributed by atoms with E-state index < -0.39 is 0 Å². The highest BCUT2D eigenvalue weighted by Crippen LogP contribution is 2.22. The predicted molar refractivity (Wildman–Crippen MR) is 87.0 cm³/mol. The second kappa shape index (κ2) is 7.63. The SMILES string of the molecule is CCNC(=NCc1ncc(C(C)(C)C)o1)NCC1CCCO1. The monoisotopic (exact) mass is 308 g/mol. The molecule has 6 heteroatoms. The van der Waals surface area contributed by atoms with Crippen LogP contribution in [0.3, 0.4) is 0 Å². The van der Waals surface area contributed by atoms with E-state index >= 15 is 0 Å². The molecule has 1 aliphatic heterocycles. The zero-order valence-electron chi connectivity index (χ0n) is 14.1. The Balaban J connectivity index is 1.89. The third kappa shape index (κ3) is 5.02. The Hall–Kier alpha value is -1.56. The normalized spacial score (nSPS) is 19.5. The molecule has 124 valence electrons. The maximum atomic E-state index is 5.76. The molecule has 0 aromatic carbocycles. The van der Waals surface area contributed by atoms with Gasteiger partial charge >= 0.3 is 0 Å². The zero-order valence-corrected chi connectivity index (χ0v) is 14.1. The molecule has 0 bridgehead atoms. The number of oxazole rings is 1. The highest BCUT2D eigenvalue weighted by atomic mass is 16.5. The van der Waals surface area contributed by atoms with Crippen molar-refractivity contribution in [3.05, 3.63) is 17.8 Å². The van der Waals surface area contributed by atoms with E-state index in [4.69, 9.17) is 9.15 Å². The van der Waals surface area contributed by atoms with Crippen LogP contribution in [0.2, 0.25) is 0 Å². The van der Waals surface area contributed by atoms with Crippen LogP contribution < -0.4 is 10.6 Å². The lowest BCUT2D eigenvalue weighted by Crippen LogP contribution is -2.41. The van der Waals surface area contributed by atoms with Gasteiger partial charge in [-0.25, -0.2) is 9.98 Å². The molecule has 1 saturated heterocycles. The molecule has 0 saturated carbocycles. The summed E-state index contributed by atoms with van der Waals surface area (Å²) in [6.45, 7) is 11.3. The average Bonchev–Trinajstić information content (AvgIpc) is 3.12. The van der Waals surface area contributed by atoms with Crippen molar-refractivity contribution in [1.82, 2.24) is 15.6 Å². The summed E-state index contributed by atoms with van der Waals surface area (Å²) in [6, 6.07) is 0. The topological polar surface area (TPSA) is 71.7 Å². The molecule has 1 unspecified atom stereocenters. The molecule has 1 fully saturated rings. The van der Waals surface area contributed by atoms with E-state index in [1.54, 1.807) is 6.20 Å². The Bertz CT molecular complexity index is 485. The molecule has 2 heterocycles. The molecule has 2 rings (SSSR count). The van der Waals surface area contributed by atoms with Crippen molar-refractivity contribution in [3.63, 3.8) is 0 Å². The molecule has 0 spiro atoms. The molecule has 0 aliphatic carbocycles. The number of rotatable bonds is 5. The van der Waals surface area contributed by atoms with E-state index in [0.717, 1.165) is 44.3 Å². The van der Waals surface area contributed by atoms with Crippen LogP contribution in [0, 0.1) is 0 Å². The molecule has 22 heavy (non-hydrogen) atoms. The first-order chi connectivity index (χ1) is 10.5.